The number of nitrogens with two attached hydrogens (primary N) is 1. The SMILES string of the molecule is CC1Cc2c(Cl)nc(N)nc2NC1=O. The second kappa shape index (κ2) is 3.09. The van der Waals surface area contributed by atoms with Gasteiger partial charge < -0.3 is 11.1 Å². The van der Waals surface area contributed by atoms with Crippen LogP contribution in [0.1, 0.15) is 12.5 Å². The summed E-state index contributed by atoms with van der Waals surface area (Å²) in [6.45, 7) is 1.82. The summed E-state index contributed by atoms with van der Waals surface area (Å²) in [4.78, 5) is 19.1. The number of hydrogen-bond acceptors (Lipinski definition) is 4. The summed E-state index contributed by atoms with van der Waals surface area (Å²) < 4.78 is 0. The molecule has 0 fully saturated rings. The Bertz CT molecular complexity index is 407. The molecule has 0 spiro atoms. The molecular formula is C8H9ClN4O. The summed E-state index contributed by atoms with van der Waals surface area (Å²) in [6.07, 6.45) is 0.556. The molecule has 0 bridgehead atoms. The van der Waals surface area contributed by atoms with Crippen LogP contribution in [-0.4, -0.2) is 15.9 Å². The van der Waals surface area contributed by atoms with E-state index >= 15 is 0 Å². The second-order valence-electron chi connectivity index (χ2n) is 3.29. The fraction of sp³-hybridized carbons (Fsp3) is 0.375. The number of hydrogen-bond donors (Lipinski definition) is 2. The van der Waals surface area contributed by atoms with Crippen molar-refractivity contribution in [1.29, 1.82) is 0 Å². The van der Waals surface area contributed by atoms with Gasteiger partial charge in [0.05, 0.1) is 0 Å². The minimum Gasteiger partial charge on any atom is -0.368 e. The molecule has 5 nitrogen and oxygen atoms in total. The van der Waals surface area contributed by atoms with E-state index in [1.54, 1.807) is 0 Å². The van der Waals surface area contributed by atoms with Crippen molar-refractivity contribution in [3.05, 3.63) is 10.7 Å². The Balaban J connectivity index is 2.51. The van der Waals surface area contributed by atoms with Crippen LogP contribution in [0.15, 0.2) is 0 Å². The number of nitrogens with zero attached hydrogens (tertiary/aromatic N) is 2. The highest BCUT2D eigenvalue weighted by molar-refractivity contribution is 6.30. The van der Waals surface area contributed by atoms with E-state index in [0.717, 1.165) is 5.56 Å². The highest BCUT2D eigenvalue weighted by Gasteiger charge is 2.26. The van der Waals surface area contributed by atoms with Gasteiger partial charge in [0.15, 0.2) is 0 Å². The summed E-state index contributed by atoms with van der Waals surface area (Å²) in [5.41, 5.74) is 6.16. The monoisotopic (exact) mass is 212 g/mol. The third kappa shape index (κ3) is 1.39. The Morgan fingerprint density at radius 2 is 2.29 bits per heavy atom. The molecular weight excluding hydrogens is 204 g/mol. The molecule has 0 saturated carbocycles. The summed E-state index contributed by atoms with van der Waals surface area (Å²) in [7, 11) is 0. The van der Waals surface area contributed by atoms with Crippen LogP contribution in [-0.2, 0) is 11.2 Å². The van der Waals surface area contributed by atoms with Crippen LogP contribution in [0.25, 0.3) is 0 Å². The molecule has 2 heterocycles. The maximum atomic E-state index is 11.3. The van der Waals surface area contributed by atoms with E-state index in [-0.39, 0.29) is 17.8 Å². The lowest BCUT2D eigenvalue weighted by Gasteiger charge is -2.21. The lowest BCUT2D eigenvalue weighted by atomic mass is 9.98. The molecule has 0 radical (unpaired) electrons. The van der Waals surface area contributed by atoms with Crippen LogP contribution >= 0.6 is 11.6 Å². The van der Waals surface area contributed by atoms with Gasteiger partial charge in [0, 0.05) is 11.5 Å². The normalized spacial score (nSPS) is 20.1. The fourth-order valence-corrected chi connectivity index (χ4v) is 1.65. The average molecular weight is 213 g/mol. The molecule has 0 saturated heterocycles. The van der Waals surface area contributed by atoms with Crippen molar-refractivity contribution in [1.82, 2.24) is 9.97 Å². The molecule has 14 heavy (non-hydrogen) atoms. The number of halogens is 1. The molecule has 1 atom stereocenters. The Morgan fingerprint density at radius 1 is 1.57 bits per heavy atom. The lowest BCUT2D eigenvalue weighted by molar-refractivity contribution is -0.119. The van der Waals surface area contributed by atoms with Crippen molar-refractivity contribution in [2.45, 2.75) is 13.3 Å². The predicted molar refractivity (Wildman–Crippen MR) is 53.0 cm³/mol. The molecule has 74 valence electrons. The first kappa shape index (κ1) is 9.21. The fourth-order valence-electron chi connectivity index (χ4n) is 1.40. The summed E-state index contributed by atoms with van der Waals surface area (Å²) in [6, 6.07) is 0. The molecule has 1 aliphatic rings. The minimum absolute atomic E-state index is 0.0633. The Kier molecular flexibility index (Phi) is 2.03. The lowest BCUT2D eigenvalue weighted by Crippen LogP contribution is -2.29. The Morgan fingerprint density at radius 3 is 3.00 bits per heavy atom. The third-order valence-corrected chi connectivity index (χ3v) is 2.49. The third-order valence-electron chi connectivity index (χ3n) is 2.17. The van der Waals surface area contributed by atoms with Gasteiger partial charge in [0.1, 0.15) is 11.0 Å². The second-order valence-corrected chi connectivity index (χ2v) is 3.65. The summed E-state index contributed by atoms with van der Waals surface area (Å²) in [5.74, 6) is 0.341. The summed E-state index contributed by atoms with van der Waals surface area (Å²) in [5, 5.41) is 2.96. The number of aromatic nitrogens is 2. The van der Waals surface area contributed by atoms with Crippen LogP contribution in [0.4, 0.5) is 11.8 Å². The number of carbonyl (C=O) groups is 1. The van der Waals surface area contributed by atoms with Gasteiger partial charge in [-0.15, -0.1) is 0 Å². The zero-order valence-electron chi connectivity index (χ0n) is 7.54. The number of anilines is 2. The Hall–Kier alpha value is -1.36. The van der Waals surface area contributed by atoms with Crippen LogP contribution in [0.2, 0.25) is 5.15 Å². The van der Waals surface area contributed by atoms with E-state index in [4.69, 9.17) is 17.3 Å². The van der Waals surface area contributed by atoms with Gasteiger partial charge in [0.2, 0.25) is 11.9 Å². The highest BCUT2D eigenvalue weighted by Crippen LogP contribution is 2.29. The largest absolute Gasteiger partial charge is 0.368 e. The van der Waals surface area contributed by atoms with Crippen molar-refractivity contribution in [3.63, 3.8) is 0 Å². The quantitative estimate of drug-likeness (QED) is 0.625. The van der Waals surface area contributed by atoms with Crippen LogP contribution in [0, 0.1) is 5.92 Å². The molecule has 0 aliphatic carbocycles. The molecule has 1 aliphatic heterocycles. The van der Waals surface area contributed by atoms with Gasteiger partial charge in [0.25, 0.3) is 0 Å². The maximum Gasteiger partial charge on any atom is 0.228 e. The number of amides is 1. The number of nitrogens with one attached hydrogen (secondary N) is 1. The van der Waals surface area contributed by atoms with Gasteiger partial charge in [-0.25, -0.2) is 4.98 Å². The van der Waals surface area contributed by atoms with E-state index < -0.39 is 0 Å². The van der Waals surface area contributed by atoms with E-state index in [1.807, 2.05) is 6.92 Å². The van der Waals surface area contributed by atoms with Crippen molar-refractivity contribution in [3.8, 4) is 0 Å². The van der Waals surface area contributed by atoms with Crippen molar-refractivity contribution in [2.24, 2.45) is 5.92 Å². The molecule has 0 aromatic carbocycles. The van der Waals surface area contributed by atoms with Crippen LogP contribution < -0.4 is 11.1 Å². The molecule has 1 aromatic heterocycles. The number of rotatable bonds is 0. The van der Waals surface area contributed by atoms with Crippen molar-refractivity contribution < 1.29 is 4.79 Å². The summed E-state index contributed by atoms with van der Waals surface area (Å²) >= 11 is 5.88. The van der Waals surface area contributed by atoms with Gasteiger partial charge >= 0.3 is 0 Å². The van der Waals surface area contributed by atoms with Gasteiger partial charge in [-0.2, -0.15) is 4.98 Å². The zero-order valence-corrected chi connectivity index (χ0v) is 8.30. The smallest absolute Gasteiger partial charge is 0.228 e. The van der Waals surface area contributed by atoms with Crippen LogP contribution in [0.5, 0.6) is 0 Å². The van der Waals surface area contributed by atoms with E-state index in [0.29, 0.717) is 17.4 Å². The first-order valence-corrected chi connectivity index (χ1v) is 4.58. The zero-order chi connectivity index (χ0) is 10.3. The number of nitrogen functional groups attached to an aromatic ring is 1. The highest BCUT2D eigenvalue weighted by atomic mass is 35.5. The van der Waals surface area contributed by atoms with E-state index in [9.17, 15) is 4.79 Å². The topological polar surface area (TPSA) is 80.9 Å². The molecule has 1 amide bonds. The molecule has 6 heteroatoms. The van der Waals surface area contributed by atoms with Crippen molar-refractivity contribution >= 4 is 29.3 Å². The van der Waals surface area contributed by atoms with Gasteiger partial charge in [-0.05, 0) is 6.42 Å². The minimum atomic E-state index is -0.104. The maximum absolute atomic E-state index is 11.3. The first-order valence-electron chi connectivity index (χ1n) is 4.20. The standard InChI is InChI=1S/C8H9ClN4O/c1-3-2-4-5(9)11-8(10)13-6(4)12-7(3)14/h3H,2H2,1H3,(H3,10,11,12,13,14). The number of carbonyl (C=O) groups excluding carboxylic acids is 1. The molecule has 1 aromatic rings. The van der Waals surface area contributed by atoms with Crippen molar-refractivity contribution in [2.75, 3.05) is 11.1 Å². The molecule has 1 unspecified atom stereocenters. The number of fused-ring (bicyclic) bond motifs is 1. The van der Waals surface area contributed by atoms with Gasteiger partial charge in [-0.1, -0.05) is 18.5 Å². The van der Waals surface area contributed by atoms with E-state index in [2.05, 4.69) is 15.3 Å². The first-order chi connectivity index (χ1) is 6.58. The van der Waals surface area contributed by atoms with Crippen LogP contribution in [0.3, 0.4) is 0 Å². The molecule has 3 N–H and O–H groups in total. The predicted octanol–water partition coefficient (Wildman–Crippen LogP) is 0.843. The Labute approximate surface area is 85.7 Å². The molecule has 2 rings (SSSR count). The average Bonchev–Trinajstić information content (AvgIpc) is 2.08. The van der Waals surface area contributed by atoms with E-state index in [1.165, 1.54) is 0 Å². The van der Waals surface area contributed by atoms with Gasteiger partial charge in [-0.3, -0.25) is 4.79 Å².